The van der Waals surface area contributed by atoms with Crippen LogP contribution in [0.1, 0.15) is 20.7 Å². The first-order valence-electron chi connectivity index (χ1n) is 6.09. The molecule has 0 aromatic heterocycles. The number of amides is 2. The minimum absolute atomic E-state index is 0.290. The first-order chi connectivity index (χ1) is 10.0. The summed E-state index contributed by atoms with van der Waals surface area (Å²) >= 11 is 11.9. The van der Waals surface area contributed by atoms with Crippen molar-refractivity contribution in [1.29, 1.82) is 0 Å². The van der Waals surface area contributed by atoms with E-state index in [0.29, 0.717) is 15.6 Å². The summed E-state index contributed by atoms with van der Waals surface area (Å²) in [6, 6.07) is 13.2. The highest BCUT2D eigenvalue weighted by Crippen LogP contribution is 2.17. The second kappa shape index (κ2) is 6.61. The average molecular weight is 323 g/mol. The Kier molecular flexibility index (Phi) is 4.83. The molecular weight excluding hydrogens is 311 g/mol. The van der Waals surface area contributed by atoms with Crippen LogP contribution in [0.25, 0.3) is 0 Å². The van der Waals surface area contributed by atoms with Crippen LogP contribution in [-0.4, -0.2) is 23.9 Å². The predicted octanol–water partition coefficient (Wildman–Crippen LogP) is 3.41. The van der Waals surface area contributed by atoms with E-state index in [2.05, 4.69) is 5.43 Å². The van der Waals surface area contributed by atoms with E-state index in [4.69, 9.17) is 23.2 Å². The number of nitrogens with one attached hydrogen (secondary N) is 1. The van der Waals surface area contributed by atoms with E-state index in [-0.39, 0.29) is 5.56 Å². The molecule has 0 atom stereocenters. The molecule has 1 N–H and O–H groups in total. The molecule has 0 unspecified atom stereocenters. The molecule has 0 aliphatic carbocycles. The fourth-order valence-corrected chi connectivity index (χ4v) is 2.16. The van der Waals surface area contributed by atoms with Crippen LogP contribution in [0, 0.1) is 0 Å². The van der Waals surface area contributed by atoms with Crippen molar-refractivity contribution in [1.82, 2.24) is 10.4 Å². The highest BCUT2D eigenvalue weighted by molar-refractivity contribution is 6.34. The molecule has 2 rings (SSSR count). The molecule has 0 aliphatic rings. The van der Waals surface area contributed by atoms with Crippen LogP contribution in [0.15, 0.2) is 48.5 Å². The Balaban J connectivity index is 2.13. The van der Waals surface area contributed by atoms with Crippen LogP contribution >= 0.6 is 23.2 Å². The zero-order chi connectivity index (χ0) is 15.4. The van der Waals surface area contributed by atoms with Gasteiger partial charge in [0.05, 0.1) is 21.2 Å². The molecule has 21 heavy (non-hydrogen) atoms. The Morgan fingerprint density at radius 3 is 1.90 bits per heavy atom. The highest BCUT2D eigenvalue weighted by atomic mass is 35.5. The normalized spacial score (nSPS) is 10.0. The van der Waals surface area contributed by atoms with Crippen molar-refractivity contribution in [3.8, 4) is 0 Å². The van der Waals surface area contributed by atoms with Gasteiger partial charge in [0.1, 0.15) is 0 Å². The molecule has 0 spiro atoms. The van der Waals surface area contributed by atoms with Gasteiger partial charge >= 0.3 is 0 Å². The molecule has 2 amide bonds. The molecule has 0 radical (unpaired) electrons. The van der Waals surface area contributed by atoms with Crippen molar-refractivity contribution in [2.24, 2.45) is 0 Å². The largest absolute Gasteiger partial charge is 0.273 e. The van der Waals surface area contributed by atoms with E-state index in [0.717, 1.165) is 5.01 Å². The van der Waals surface area contributed by atoms with Gasteiger partial charge in [-0.05, 0) is 24.3 Å². The number of hydrogen-bond donors (Lipinski definition) is 1. The summed E-state index contributed by atoms with van der Waals surface area (Å²) in [5.74, 6) is -0.885. The van der Waals surface area contributed by atoms with Crippen LogP contribution in [0.2, 0.25) is 10.0 Å². The maximum Gasteiger partial charge on any atom is 0.273 e. The summed E-state index contributed by atoms with van der Waals surface area (Å²) < 4.78 is 0. The van der Waals surface area contributed by atoms with Gasteiger partial charge in [0.15, 0.2) is 0 Å². The van der Waals surface area contributed by atoms with Gasteiger partial charge in [0.25, 0.3) is 11.8 Å². The molecular formula is C15H12Cl2N2O2. The third-order valence-electron chi connectivity index (χ3n) is 2.80. The van der Waals surface area contributed by atoms with Gasteiger partial charge in [0.2, 0.25) is 0 Å². The third-order valence-corrected chi connectivity index (χ3v) is 3.46. The van der Waals surface area contributed by atoms with Crippen LogP contribution in [0.4, 0.5) is 0 Å². The summed E-state index contributed by atoms with van der Waals surface area (Å²) in [6.07, 6.45) is 0. The molecule has 0 fully saturated rings. The van der Waals surface area contributed by atoms with Crippen LogP contribution in [0.5, 0.6) is 0 Å². The number of rotatable bonds is 2. The molecule has 2 aromatic rings. The van der Waals surface area contributed by atoms with Crippen molar-refractivity contribution in [3.05, 3.63) is 69.7 Å². The molecule has 0 saturated heterocycles. The summed E-state index contributed by atoms with van der Waals surface area (Å²) in [6.45, 7) is 0. The zero-order valence-electron chi connectivity index (χ0n) is 11.1. The van der Waals surface area contributed by atoms with Gasteiger partial charge in [-0.3, -0.25) is 20.0 Å². The lowest BCUT2D eigenvalue weighted by Crippen LogP contribution is -2.43. The number of benzene rings is 2. The number of hydrogen-bond acceptors (Lipinski definition) is 2. The Morgan fingerprint density at radius 2 is 1.38 bits per heavy atom. The maximum absolute atomic E-state index is 12.2. The number of hydrazine groups is 1. The highest BCUT2D eigenvalue weighted by Gasteiger charge is 2.18. The fourth-order valence-electron chi connectivity index (χ4n) is 1.72. The van der Waals surface area contributed by atoms with E-state index >= 15 is 0 Å². The van der Waals surface area contributed by atoms with Crippen LogP contribution < -0.4 is 5.43 Å². The molecule has 0 aliphatic heterocycles. The van der Waals surface area contributed by atoms with Gasteiger partial charge < -0.3 is 0 Å². The number of halogens is 2. The minimum atomic E-state index is -0.469. The lowest BCUT2D eigenvalue weighted by Gasteiger charge is -2.19. The lowest BCUT2D eigenvalue weighted by molar-refractivity contribution is 0.0636. The monoisotopic (exact) mass is 322 g/mol. The summed E-state index contributed by atoms with van der Waals surface area (Å²) in [4.78, 5) is 24.3. The third kappa shape index (κ3) is 3.54. The molecule has 108 valence electrons. The van der Waals surface area contributed by atoms with E-state index < -0.39 is 11.8 Å². The SMILES string of the molecule is CN(NC(=O)c1ccccc1Cl)C(=O)c1ccccc1Cl. The van der Waals surface area contributed by atoms with Crippen molar-refractivity contribution < 1.29 is 9.59 Å². The number of carbonyl (C=O) groups excluding carboxylic acids is 2. The second-order valence-corrected chi connectivity index (χ2v) is 5.08. The van der Waals surface area contributed by atoms with Crippen molar-refractivity contribution in [2.45, 2.75) is 0 Å². The van der Waals surface area contributed by atoms with E-state index in [1.165, 1.54) is 7.05 Å². The summed E-state index contributed by atoms with van der Waals surface area (Å²) in [5.41, 5.74) is 3.06. The van der Waals surface area contributed by atoms with Gasteiger partial charge in [0, 0.05) is 7.05 Å². The maximum atomic E-state index is 12.2. The van der Waals surface area contributed by atoms with Crippen molar-refractivity contribution in [3.63, 3.8) is 0 Å². The van der Waals surface area contributed by atoms with Gasteiger partial charge in [-0.25, -0.2) is 0 Å². The zero-order valence-corrected chi connectivity index (χ0v) is 12.7. The topological polar surface area (TPSA) is 49.4 Å². The molecule has 0 heterocycles. The Labute approximate surface area is 132 Å². The molecule has 4 nitrogen and oxygen atoms in total. The standard InChI is InChI=1S/C15H12Cl2N2O2/c1-19(15(21)11-7-3-5-9-13(11)17)18-14(20)10-6-2-4-8-12(10)16/h2-9H,1H3,(H,18,20). The number of nitrogens with zero attached hydrogens (tertiary/aromatic N) is 1. The van der Waals surface area contributed by atoms with Crippen molar-refractivity contribution >= 4 is 35.0 Å². The quantitative estimate of drug-likeness (QED) is 0.861. The van der Waals surface area contributed by atoms with E-state index in [1.54, 1.807) is 48.5 Å². The van der Waals surface area contributed by atoms with Gasteiger partial charge in [-0.1, -0.05) is 47.5 Å². The molecule has 0 saturated carbocycles. The van der Waals surface area contributed by atoms with Crippen molar-refractivity contribution in [2.75, 3.05) is 7.05 Å². The van der Waals surface area contributed by atoms with Gasteiger partial charge in [-0.2, -0.15) is 0 Å². The Bertz CT molecular complexity index is 689. The molecule has 0 bridgehead atoms. The smallest absolute Gasteiger partial charge is 0.267 e. The fraction of sp³-hybridized carbons (Fsp3) is 0.0667. The van der Waals surface area contributed by atoms with Gasteiger partial charge in [-0.15, -0.1) is 0 Å². The Hall–Kier alpha value is -2.04. The first kappa shape index (κ1) is 15.4. The predicted molar refractivity (Wildman–Crippen MR) is 82.5 cm³/mol. The van der Waals surface area contributed by atoms with Crippen LogP contribution in [0.3, 0.4) is 0 Å². The molecule has 2 aromatic carbocycles. The summed E-state index contributed by atoms with van der Waals surface area (Å²) in [5, 5.41) is 1.71. The average Bonchev–Trinajstić information content (AvgIpc) is 2.47. The lowest BCUT2D eigenvalue weighted by atomic mass is 10.2. The van der Waals surface area contributed by atoms with Crippen LogP contribution in [-0.2, 0) is 0 Å². The minimum Gasteiger partial charge on any atom is -0.267 e. The summed E-state index contributed by atoms with van der Waals surface area (Å²) in [7, 11) is 1.44. The molecule has 6 heteroatoms. The van der Waals surface area contributed by atoms with E-state index in [1.807, 2.05) is 0 Å². The number of carbonyl (C=O) groups is 2. The second-order valence-electron chi connectivity index (χ2n) is 4.26. The first-order valence-corrected chi connectivity index (χ1v) is 6.84. The van der Waals surface area contributed by atoms with E-state index in [9.17, 15) is 9.59 Å². The Morgan fingerprint density at radius 1 is 0.905 bits per heavy atom.